The molecule has 0 radical (unpaired) electrons. The van der Waals surface area contributed by atoms with Crippen LogP contribution in [0.1, 0.15) is 67.3 Å². The number of fused-ring (bicyclic) bond motifs is 6. The van der Waals surface area contributed by atoms with Crippen LogP contribution in [0.2, 0.25) is 0 Å². The van der Waals surface area contributed by atoms with Gasteiger partial charge in [-0.15, -0.1) is 0 Å². The molecular formula is C27H36F3N3O. The molecule has 1 aromatic carbocycles. The van der Waals surface area contributed by atoms with Crippen LogP contribution in [0.3, 0.4) is 0 Å². The molecule has 0 unspecified atom stereocenters. The van der Waals surface area contributed by atoms with Crippen molar-refractivity contribution in [3.05, 3.63) is 47.0 Å². The molecule has 5 rings (SSSR count). The second-order valence-corrected chi connectivity index (χ2v) is 10.6. The number of benzene rings is 1. The van der Waals surface area contributed by atoms with Crippen LogP contribution in [0.25, 0.3) is 0 Å². The average Bonchev–Trinajstić information content (AvgIpc) is 2.83. The highest BCUT2D eigenvalue weighted by Crippen LogP contribution is 2.45. The predicted molar refractivity (Wildman–Crippen MR) is 126 cm³/mol. The molecule has 1 aromatic rings. The maximum absolute atomic E-state index is 12.7. The summed E-state index contributed by atoms with van der Waals surface area (Å²) >= 11 is 0. The van der Waals surface area contributed by atoms with Gasteiger partial charge in [0.2, 0.25) is 0 Å². The Hall–Kier alpha value is -1.86. The van der Waals surface area contributed by atoms with Gasteiger partial charge in [-0.1, -0.05) is 18.1 Å². The van der Waals surface area contributed by atoms with Crippen LogP contribution in [0, 0.1) is 11.8 Å². The summed E-state index contributed by atoms with van der Waals surface area (Å²) in [6.45, 7) is 5.27. The molecule has 4 aliphatic rings. The first-order chi connectivity index (χ1) is 16.4. The summed E-state index contributed by atoms with van der Waals surface area (Å²) in [5, 5.41) is 2.86. The Bertz CT molecular complexity index is 897. The van der Waals surface area contributed by atoms with E-state index in [1.807, 2.05) is 0 Å². The molecular weight excluding hydrogens is 439 g/mol. The van der Waals surface area contributed by atoms with Gasteiger partial charge in [0, 0.05) is 30.7 Å². The Morgan fingerprint density at radius 3 is 2.68 bits per heavy atom. The number of unbranched alkanes of at least 4 members (excludes halogenated alkanes) is 1. The van der Waals surface area contributed by atoms with E-state index in [2.05, 4.69) is 21.2 Å². The number of amides is 1. The minimum Gasteiger partial charge on any atom is -0.352 e. The fourth-order valence-corrected chi connectivity index (χ4v) is 6.89. The van der Waals surface area contributed by atoms with Crippen LogP contribution in [-0.4, -0.2) is 60.5 Å². The molecule has 34 heavy (non-hydrogen) atoms. The average molecular weight is 476 g/mol. The standard InChI is InChI=1S/C27H36F3N3O/c28-27(29,30)23-10-8-19(9-11-23)26(34)31-12-2-4-13-32-15-5-6-20-16-21-17-22(25(20)32)18-33-14-3-1-7-24(21)33/h8-11,16,21-22,24-25H,1-7,12-15,17-18H2,(H,31,34)/t21-,22+,24+,25+/m0/s1. The molecule has 3 saturated heterocycles. The van der Waals surface area contributed by atoms with Gasteiger partial charge in [-0.05, 0) is 101 Å². The van der Waals surface area contributed by atoms with E-state index < -0.39 is 11.7 Å². The normalized spacial score (nSPS) is 29.7. The zero-order valence-electron chi connectivity index (χ0n) is 19.8. The van der Waals surface area contributed by atoms with Crippen molar-refractivity contribution in [3.8, 4) is 0 Å². The molecule has 4 atom stereocenters. The first-order valence-corrected chi connectivity index (χ1v) is 13.0. The molecule has 1 amide bonds. The lowest BCUT2D eigenvalue weighted by molar-refractivity contribution is -0.137. The number of rotatable bonds is 6. The largest absolute Gasteiger partial charge is 0.416 e. The summed E-state index contributed by atoms with van der Waals surface area (Å²) < 4.78 is 38.1. The SMILES string of the molecule is O=C(NCCCCN1CCCC2=C[C@H]3C[C@H](CN4CCCC[C@H]34)[C@@H]21)c1ccc(C(F)(F)F)cc1. The van der Waals surface area contributed by atoms with Crippen LogP contribution in [0.4, 0.5) is 13.2 Å². The Kier molecular flexibility index (Phi) is 7.03. The van der Waals surface area contributed by atoms with Crippen LogP contribution in [0.5, 0.6) is 0 Å². The maximum atomic E-state index is 12.7. The number of hydrogen-bond acceptors (Lipinski definition) is 3. The molecule has 0 aromatic heterocycles. The van der Waals surface area contributed by atoms with Crippen LogP contribution >= 0.6 is 0 Å². The molecule has 1 aliphatic carbocycles. The van der Waals surface area contributed by atoms with E-state index in [9.17, 15) is 18.0 Å². The Morgan fingerprint density at radius 1 is 1.06 bits per heavy atom. The number of nitrogens with zero attached hydrogens (tertiary/aromatic N) is 2. The summed E-state index contributed by atoms with van der Waals surface area (Å²) in [6, 6.07) is 5.78. The fraction of sp³-hybridized carbons (Fsp3) is 0.667. The minimum absolute atomic E-state index is 0.267. The van der Waals surface area contributed by atoms with Gasteiger partial charge in [-0.3, -0.25) is 14.6 Å². The van der Waals surface area contributed by atoms with Gasteiger partial charge in [0.25, 0.3) is 5.91 Å². The van der Waals surface area contributed by atoms with Crippen molar-refractivity contribution in [1.82, 2.24) is 15.1 Å². The first kappa shape index (κ1) is 23.9. The number of alkyl halides is 3. The summed E-state index contributed by atoms with van der Waals surface area (Å²) in [6.07, 6.45) is 8.09. The van der Waals surface area contributed by atoms with Gasteiger partial charge in [0.15, 0.2) is 0 Å². The van der Waals surface area contributed by atoms with Crippen molar-refractivity contribution in [2.24, 2.45) is 11.8 Å². The Labute approximate surface area is 200 Å². The molecule has 3 heterocycles. The number of carbonyl (C=O) groups excluding carboxylic acids is 1. The molecule has 1 N–H and O–H groups in total. The summed E-state index contributed by atoms with van der Waals surface area (Å²) in [4.78, 5) is 17.7. The van der Waals surface area contributed by atoms with Crippen molar-refractivity contribution >= 4 is 5.91 Å². The van der Waals surface area contributed by atoms with E-state index in [0.717, 1.165) is 55.9 Å². The zero-order chi connectivity index (χ0) is 23.7. The number of carbonyl (C=O) groups is 1. The monoisotopic (exact) mass is 475 g/mol. The quantitative estimate of drug-likeness (QED) is 0.459. The molecule has 3 aliphatic heterocycles. The van der Waals surface area contributed by atoms with Crippen molar-refractivity contribution in [2.75, 3.05) is 32.7 Å². The highest BCUT2D eigenvalue weighted by Gasteiger charge is 2.45. The predicted octanol–water partition coefficient (Wildman–Crippen LogP) is 5.11. The second kappa shape index (κ2) is 10.0. The van der Waals surface area contributed by atoms with E-state index in [1.54, 1.807) is 5.57 Å². The Morgan fingerprint density at radius 2 is 1.88 bits per heavy atom. The van der Waals surface area contributed by atoms with E-state index >= 15 is 0 Å². The molecule has 3 fully saturated rings. The number of hydrogen-bond donors (Lipinski definition) is 1. The van der Waals surface area contributed by atoms with Crippen molar-refractivity contribution in [3.63, 3.8) is 0 Å². The van der Waals surface area contributed by atoms with Gasteiger partial charge in [0.1, 0.15) is 0 Å². The third-order valence-corrected chi connectivity index (χ3v) is 8.39. The van der Waals surface area contributed by atoms with E-state index in [4.69, 9.17) is 0 Å². The van der Waals surface area contributed by atoms with Gasteiger partial charge in [-0.25, -0.2) is 0 Å². The van der Waals surface area contributed by atoms with E-state index in [1.165, 1.54) is 63.7 Å². The fourth-order valence-electron chi connectivity index (χ4n) is 6.89. The topological polar surface area (TPSA) is 35.6 Å². The van der Waals surface area contributed by atoms with Gasteiger partial charge in [-0.2, -0.15) is 13.2 Å². The second-order valence-electron chi connectivity index (χ2n) is 10.6. The molecule has 186 valence electrons. The highest BCUT2D eigenvalue weighted by atomic mass is 19.4. The highest BCUT2D eigenvalue weighted by molar-refractivity contribution is 5.94. The first-order valence-electron chi connectivity index (χ1n) is 13.0. The minimum atomic E-state index is -4.38. The maximum Gasteiger partial charge on any atom is 0.416 e. The number of nitrogens with one attached hydrogen (secondary N) is 1. The van der Waals surface area contributed by atoms with Crippen molar-refractivity contribution < 1.29 is 18.0 Å². The molecule has 0 spiro atoms. The number of piperidine rings is 3. The zero-order valence-corrected chi connectivity index (χ0v) is 19.8. The number of halogens is 3. The van der Waals surface area contributed by atoms with E-state index in [0.29, 0.717) is 12.6 Å². The third-order valence-electron chi connectivity index (χ3n) is 8.39. The van der Waals surface area contributed by atoms with Gasteiger partial charge < -0.3 is 5.32 Å². The molecule has 4 nitrogen and oxygen atoms in total. The van der Waals surface area contributed by atoms with Crippen LogP contribution in [0.15, 0.2) is 35.9 Å². The van der Waals surface area contributed by atoms with Gasteiger partial charge in [0.05, 0.1) is 5.56 Å². The lowest BCUT2D eigenvalue weighted by Crippen LogP contribution is -2.59. The number of likely N-dealkylation sites (tertiary alicyclic amines) is 1. The smallest absolute Gasteiger partial charge is 0.352 e. The lowest BCUT2D eigenvalue weighted by atomic mass is 9.68. The van der Waals surface area contributed by atoms with Crippen LogP contribution in [-0.2, 0) is 6.18 Å². The summed E-state index contributed by atoms with van der Waals surface area (Å²) in [7, 11) is 0. The summed E-state index contributed by atoms with van der Waals surface area (Å²) in [5.41, 5.74) is 1.22. The molecule has 0 saturated carbocycles. The van der Waals surface area contributed by atoms with Gasteiger partial charge >= 0.3 is 6.18 Å². The van der Waals surface area contributed by atoms with Crippen LogP contribution < -0.4 is 5.32 Å². The third kappa shape index (κ3) is 5.06. The van der Waals surface area contributed by atoms with E-state index in [-0.39, 0.29) is 11.5 Å². The molecule has 2 bridgehead atoms. The molecule has 7 heteroatoms. The lowest BCUT2D eigenvalue weighted by Gasteiger charge is -2.55. The van der Waals surface area contributed by atoms with Crippen molar-refractivity contribution in [2.45, 2.75) is 69.6 Å². The van der Waals surface area contributed by atoms with Crippen molar-refractivity contribution in [1.29, 1.82) is 0 Å². The Balaban J connectivity index is 1.10. The summed E-state index contributed by atoms with van der Waals surface area (Å²) in [5.74, 6) is 1.19.